The molecule has 2 atom stereocenters. The first-order valence-corrected chi connectivity index (χ1v) is 6.40. The Labute approximate surface area is 114 Å². The van der Waals surface area contributed by atoms with Gasteiger partial charge in [0.1, 0.15) is 0 Å². The van der Waals surface area contributed by atoms with Gasteiger partial charge < -0.3 is 5.11 Å². The summed E-state index contributed by atoms with van der Waals surface area (Å²) in [5.74, 6) is -0.0948. The lowest BCUT2D eigenvalue weighted by Gasteiger charge is -2.16. The smallest absolute Gasteiger partial charge is 0.0887 e. The van der Waals surface area contributed by atoms with Crippen LogP contribution in [0.25, 0.3) is 6.08 Å². The lowest BCUT2D eigenvalue weighted by molar-refractivity contribution is 0.151. The van der Waals surface area contributed by atoms with Gasteiger partial charge in [0.15, 0.2) is 0 Å². The third-order valence-corrected chi connectivity index (χ3v) is 3.09. The van der Waals surface area contributed by atoms with E-state index >= 15 is 0 Å². The number of aliphatic hydroxyl groups excluding tert-OH is 1. The molecule has 0 radical (unpaired) electrons. The van der Waals surface area contributed by atoms with E-state index in [-0.39, 0.29) is 5.92 Å². The summed E-state index contributed by atoms with van der Waals surface area (Å²) in [4.78, 5) is 0. The number of benzene rings is 2. The van der Waals surface area contributed by atoms with Crippen LogP contribution < -0.4 is 0 Å². The highest BCUT2D eigenvalue weighted by atomic mass is 16.3. The van der Waals surface area contributed by atoms with Crippen LogP contribution in [-0.2, 0) is 0 Å². The van der Waals surface area contributed by atoms with Crippen LogP contribution >= 0.6 is 0 Å². The third-order valence-electron chi connectivity index (χ3n) is 3.09. The standard InChI is InChI=1S/C18H18O/c1-2-16(14-13-15-9-5-3-6-10-15)18(19)17-11-7-4-8-12-17/h2-14,16,18-19H,1H2/b14-13+/t16-,18+/m0/s1. The summed E-state index contributed by atoms with van der Waals surface area (Å²) in [7, 11) is 0. The quantitative estimate of drug-likeness (QED) is 0.787. The fourth-order valence-electron chi connectivity index (χ4n) is 1.97. The summed E-state index contributed by atoms with van der Waals surface area (Å²) in [6, 6.07) is 19.7. The number of hydrogen-bond donors (Lipinski definition) is 1. The minimum Gasteiger partial charge on any atom is -0.387 e. The molecule has 0 saturated carbocycles. The van der Waals surface area contributed by atoms with Gasteiger partial charge in [0.2, 0.25) is 0 Å². The van der Waals surface area contributed by atoms with Crippen molar-refractivity contribution in [1.82, 2.24) is 0 Å². The summed E-state index contributed by atoms with van der Waals surface area (Å²) < 4.78 is 0. The van der Waals surface area contributed by atoms with Crippen molar-refractivity contribution in [3.63, 3.8) is 0 Å². The van der Waals surface area contributed by atoms with Gasteiger partial charge in [-0.25, -0.2) is 0 Å². The fourth-order valence-corrected chi connectivity index (χ4v) is 1.97. The van der Waals surface area contributed by atoms with Crippen LogP contribution in [0.5, 0.6) is 0 Å². The maximum absolute atomic E-state index is 10.3. The molecule has 1 nitrogen and oxygen atoms in total. The van der Waals surface area contributed by atoms with Crippen LogP contribution in [0.4, 0.5) is 0 Å². The largest absolute Gasteiger partial charge is 0.387 e. The number of hydrogen-bond acceptors (Lipinski definition) is 1. The minimum absolute atomic E-state index is 0.0948. The summed E-state index contributed by atoms with van der Waals surface area (Å²) in [5, 5.41) is 10.3. The van der Waals surface area contributed by atoms with Gasteiger partial charge in [0.25, 0.3) is 0 Å². The highest BCUT2D eigenvalue weighted by Gasteiger charge is 2.14. The molecule has 2 rings (SSSR count). The molecular weight excluding hydrogens is 232 g/mol. The molecule has 0 bridgehead atoms. The SMILES string of the molecule is C=C[C@@H](/C=C/c1ccccc1)[C@@H](O)c1ccccc1. The summed E-state index contributed by atoms with van der Waals surface area (Å²) in [6.45, 7) is 3.81. The Hall–Kier alpha value is -2.12. The molecule has 0 aliphatic carbocycles. The van der Waals surface area contributed by atoms with Crippen LogP contribution in [-0.4, -0.2) is 5.11 Å². The topological polar surface area (TPSA) is 20.2 Å². The Morgan fingerprint density at radius 3 is 2.05 bits per heavy atom. The molecule has 0 spiro atoms. The highest BCUT2D eigenvalue weighted by Crippen LogP contribution is 2.24. The first-order chi connectivity index (χ1) is 9.31. The Bertz CT molecular complexity index is 528. The van der Waals surface area contributed by atoms with Crippen molar-refractivity contribution < 1.29 is 5.11 Å². The minimum atomic E-state index is -0.557. The van der Waals surface area contributed by atoms with Gasteiger partial charge in [-0.2, -0.15) is 0 Å². The van der Waals surface area contributed by atoms with Crippen LogP contribution in [0.15, 0.2) is 79.4 Å². The first-order valence-electron chi connectivity index (χ1n) is 6.40. The van der Waals surface area contributed by atoms with Gasteiger partial charge in [-0.1, -0.05) is 78.9 Å². The molecule has 1 heteroatoms. The molecule has 0 heterocycles. The van der Waals surface area contributed by atoms with Gasteiger partial charge in [0, 0.05) is 5.92 Å². The van der Waals surface area contributed by atoms with E-state index in [0.29, 0.717) is 0 Å². The van der Waals surface area contributed by atoms with Crippen LogP contribution in [0, 0.1) is 5.92 Å². The predicted octanol–water partition coefficient (Wildman–Crippen LogP) is 4.24. The summed E-state index contributed by atoms with van der Waals surface area (Å²) in [5.41, 5.74) is 2.03. The maximum atomic E-state index is 10.3. The molecule has 0 aliphatic heterocycles. The summed E-state index contributed by atoms with van der Waals surface area (Å²) in [6.07, 6.45) is 5.22. The Kier molecular flexibility index (Phi) is 4.71. The van der Waals surface area contributed by atoms with Crippen molar-refractivity contribution >= 4 is 6.08 Å². The van der Waals surface area contributed by atoms with Gasteiger partial charge in [-0.05, 0) is 11.1 Å². The van der Waals surface area contributed by atoms with Crippen LogP contribution in [0.1, 0.15) is 17.2 Å². The van der Waals surface area contributed by atoms with Gasteiger partial charge in [-0.3, -0.25) is 0 Å². The predicted molar refractivity (Wildman–Crippen MR) is 80.6 cm³/mol. The molecule has 96 valence electrons. The molecule has 0 aliphatic rings. The van der Waals surface area contributed by atoms with Gasteiger partial charge in [0.05, 0.1) is 6.10 Å². The molecule has 2 aromatic rings. The van der Waals surface area contributed by atoms with E-state index in [1.54, 1.807) is 6.08 Å². The third kappa shape index (κ3) is 3.67. The molecule has 0 saturated heterocycles. The summed E-state index contributed by atoms with van der Waals surface area (Å²) >= 11 is 0. The highest BCUT2D eigenvalue weighted by molar-refractivity contribution is 5.49. The van der Waals surface area contributed by atoms with Crippen molar-refractivity contribution in [3.8, 4) is 0 Å². The van der Waals surface area contributed by atoms with Crippen molar-refractivity contribution in [2.75, 3.05) is 0 Å². The second kappa shape index (κ2) is 6.72. The van der Waals surface area contributed by atoms with E-state index in [0.717, 1.165) is 11.1 Å². The molecule has 19 heavy (non-hydrogen) atoms. The van der Waals surface area contributed by atoms with Crippen molar-refractivity contribution in [2.45, 2.75) is 6.10 Å². The zero-order valence-electron chi connectivity index (χ0n) is 10.8. The Morgan fingerprint density at radius 1 is 0.895 bits per heavy atom. The Balaban J connectivity index is 2.13. The molecule has 2 aromatic carbocycles. The van der Waals surface area contributed by atoms with E-state index in [1.165, 1.54) is 0 Å². The molecule has 1 N–H and O–H groups in total. The van der Waals surface area contributed by atoms with Gasteiger partial charge in [-0.15, -0.1) is 6.58 Å². The van der Waals surface area contributed by atoms with Crippen molar-refractivity contribution in [1.29, 1.82) is 0 Å². The fraction of sp³-hybridized carbons (Fsp3) is 0.111. The zero-order chi connectivity index (χ0) is 13.5. The monoisotopic (exact) mass is 250 g/mol. The molecular formula is C18H18O. The second-order valence-corrected chi connectivity index (χ2v) is 4.44. The number of aliphatic hydroxyl groups is 1. The zero-order valence-corrected chi connectivity index (χ0v) is 10.8. The second-order valence-electron chi connectivity index (χ2n) is 4.44. The van der Waals surface area contributed by atoms with Crippen molar-refractivity contribution in [3.05, 3.63) is 90.5 Å². The van der Waals surface area contributed by atoms with E-state index in [9.17, 15) is 5.11 Å². The van der Waals surface area contributed by atoms with E-state index < -0.39 is 6.10 Å². The lowest BCUT2D eigenvalue weighted by atomic mass is 9.95. The average molecular weight is 250 g/mol. The maximum Gasteiger partial charge on any atom is 0.0887 e. The molecule has 0 fully saturated rings. The molecule has 0 unspecified atom stereocenters. The first kappa shape index (κ1) is 13.3. The molecule has 0 amide bonds. The normalized spacial score (nSPS) is 14.2. The number of rotatable bonds is 5. The average Bonchev–Trinajstić information content (AvgIpc) is 2.49. The lowest BCUT2D eigenvalue weighted by Crippen LogP contribution is -2.07. The van der Waals surface area contributed by atoms with Crippen LogP contribution in [0.3, 0.4) is 0 Å². The van der Waals surface area contributed by atoms with Gasteiger partial charge >= 0.3 is 0 Å². The van der Waals surface area contributed by atoms with E-state index in [1.807, 2.05) is 72.8 Å². The van der Waals surface area contributed by atoms with E-state index in [2.05, 4.69) is 6.58 Å². The molecule has 0 aromatic heterocycles. The van der Waals surface area contributed by atoms with Crippen LogP contribution in [0.2, 0.25) is 0 Å². The van der Waals surface area contributed by atoms with Crippen molar-refractivity contribution in [2.24, 2.45) is 5.92 Å². The van der Waals surface area contributed by atoms with E-state index in [4.69, 9.17) is 0 Å². The Morgan fingerprint density at radius 2 is 1.47 bits per heavy atom.